The number of anilines is 1. The number of nitrogens with one attached hydrogen (secondary N) is 1. The van der Waals surface area contributed by atoms with Crippen LogP contribution in [0.4, 0.5) is 5.69 Å². The first-order chi connectivity index (χ1) is 7.54. The summed E-state index contributed by atoms with van der Waals surface area (Å²) < 4.78 is 0. The van der Waals surface area contributed by atoms with Gasteiger partial charge in [-0.1, -0.05) is 23.8 Å². The lowest BCUT2D eigenvalue weighted by Crippen LogP contribution is -2.21. The smallest absolute Gasteiger partial charge is 0.106 e. The van der Waals surface area contributed by atoms with Gasteiger partial charge in [0.05, 0.1) is 0 Å². The zero-order chi connectivity index (χ0) is 12.1. The third-order valence-electron chi connectivity index (χ3n) is 2.07. The molecule has 1 aromatic rings. The van der Waals surface area contributed by atoms with Gasteiger partial charge in [-0.2, -0.15) is 11.8 Å². The minimum atomic E-state index is 0.349. The Balaban J connectivity index is 2.92. The number of hydrogen-bond donors (Lipinski definition) is 2. The average molecular weight is 275 g/mol. The monoisotopic (exact) mass is 274 g/mol. The molecule has 0 radical (unpaired) electrons. The molecular weight excluding hydrogens is 260 g/mol. The third-order valence-corrected chi connectivity index (χ3v) is 3.35. The summed E-state index contributed by atoms with van der Waals surface area (Å²) in [4.78, 5) is 0.385. The van der Waals surface area contributed by atoms with Crippen LogP contribution in [0.2, 0.25) is 5.02 Å². The highest BCUT2D eigenvalue weighted by Gasteiger charge is 2.08. The molecule has 3 N–H and O–H groups in total. The zero-order valence-electron chi connectivity index (χ0n) is 9.29. The molecule has 1 unspecified atom stereocenters. The fourth-order valence-corrected chi connectivity index (χ4v) is 2.34. The summed E-state index contributed by atoms with van der Waals surface area (Å²) in [5, 5.41) is 4.04. The maximum Gasteiger partial charge on any atom is 0.106 e. The third kappa shape index (κ3) is 3.85. The van der Waals surface area contributed by atoms with E-state index in [0.29, 0.717) is 16.1 Å². The van der Waals surface area contributed by atoms with Gasteiger partial charge in [-0.25, -0.2) is 0 Å². The van der Waals surface area contributed by atoms with Crippen molar-refractivity contribution in [2.24, 2.45) is 5.73 Å². The Labute approximate surface area is 111 Å². The molecule has 0 saturated carbocycles. The van der Waals surface area contributed by atoms with Crippen LogP contribution < -0.4 is 11.1 Å². The number of nitrogens with two attached hydrogens (primary N) is 1. The molecule has 0 saturated heterocycles. The lowest BCUT2D eigenvalue weighted by molar-refractivity contribution is 0.914. The van der Waals surface area contributed by atoms with E-state index in [1.165, 1.54) is 0 Å². The van der Waals surface area contributed by atoms with Gasteiger partial charge in [0.25, 0.3) is 0 Å². The van der Waals surface area contributed by atoms with E-state index in [1.807, 2.05) is 12.1 Å². The number of rotatable bonds is 5. The summed E-state index contributed by atoms with van der Waals surface area (Å²) in [7, 11) is 0. The average Bonchev–Trinajstić information content (AvgIpc) is 2.17. The van der Waals surface area contributed by atoms with E-state index in [-0.39, 0.29) is 0 Å². The van der Waals surface area contributed by atoms with Crippen LogP contribution in [0.15, 0.2) is 18.2 Å². The van der Waals surface area contributed by atoms with Crippen molar-refractivity contribution in [2.75, 3.05) is 17.3 Å². The van der Waals surface area contributed by atoms with Crippen molar-refractivity contribution < 1.29 is 0 Å². The normalized spacial score (nSPS) is 12.2. The molecule has 88 valence electrons. The summed E-state index contributed by atoms with van der Waals surface area (Å²) in [6.45, 7) is 2.11. The molecule has 0 heterocycles. The van der Waals surface area contributed by atoms with Crippen LogP contribution in [0.5, 0.6) is 0 Å². The van der Waals surface area contributed by atoms with E-state index in [9.17, 15) is 0 Å². The van der Waals surface area contributed by atoms with Gasteiger partial charge in [0.1, 0.15) is 4.99 Å². The van der Waals surface area contributed by atoms with E-state index in [1.54, 1.807) is 17.8 Å². The van der Waals surface area contributed by atoms with Crippen LogP contribution in [-0.4, -0.2) is 23.0 Å². The van der Waals surface area contributed by atoms with Crippen molar-refractivity contribution in [3.63, 3.8) is 0 Å². The van der Waals surface area contributed by atoms with Gasteiger partial charge < -0.3 is 11.1 Å². The van der Waals surface area contributed by atoms with E-state index in [2.05, 4.69) is 18.5 Å². The van der Waals surface area contributed by atoms with Gasteiger partial charge in [0, 0.05) is 28.1 Å². The van der Waals surface area contributed by atoms with Crippen LogP contribution >= 0.6 is 35.6 Å². The topological polar surface area (TPSA) is 38.0 Å². The summed E-state index contributed by atoms with van der Waals surface area (Å²) in [6, 6.07) is 5.84. The molecule has 0 spiro atoms. The van der Waals surface area contributed by atoms with Gasteiger partial charge in [-0.3, -0.25) is 0 Å². The van der Waals surface area contributed by atoms with Gasteiger partial charge in [0.2, 0.25) is 0 Å². The molecule has 1 aromatic carbocycles. The van der Waals surface area contributed by atoms with Crippen molar-refractivity contribution in [1.82, 2.24) is 0 Å². The minimum Gasteiger partial charge on any atom is -0.389 e. The summed E-state index contributed by atoms with van der Waals surface area (Å²) >= 11 is 12.7. The molecule has 16 heavy (non-hydrogen) atoms. The highest BCUT2D eigenvalue weighted by molar-refractivity contribution is 7.98. The largest absolute Gasteiger partial charge is 0.389 e. The predicted molar refractivity (Wildman–Crippen MR) is 78.8 cm³/mol. The first kappa shape index (κ1) is 13.6. The van der Waals surface area contributed by atoms with Crippen molar-refractivity contribution in [3.05, 3.63) is 28.8 Å². The Hall–Kier alpha value is -0.450. The highest BCUT2D eigenvalue weighted by atomic mass is 35.5. The second kappa shape index (κ2) is 6.33. The first-order valence-electron chi connectivity index (χ1n) is 4.89. The van der Waals surface area contributed by atoms with E-state index >= 15 is 0 Å². The standard InChI is InChI=1S/C11H15ClN2S2/c1-7(6-16-2)14-10-5-8(12)3-4-9(10)11(13)15/h3-5,7,14H,6H2,1-2H3,(H2,13,15). The number of benzene rings is 1. The summed E-state index contributed by atoms with van der Waals surface area (Å²) in [5.74, 6) is 1.02. The van der Waals surface area contributed by atoms with E-state index < -0.39 is 0 Å². The Morgan fingerprint density at radius 2 is 2.31 bits per heavy atom. The van der Waals surface area contributed by atoms with Gasteiger partial charge >= 0.3 is 0 Å². The lowest BCUT2D eigenvalue weighted by Gasteiger charge is -2.17. The lowest BCUT2D eigenvalue weighted by atomic mass is 10.1. The minimum absolute atomic E-state index is 0.349. The predicted octanol–water partition coefficient (Wildman–Crippen LogP) is 3.14. The van der Waals surface area contributed by atoms with Crippen LogP contribution in [0, 0.1) is 0 Å². The number of thiocarbonyl (C=S) groups is 1. The van der Waals surface area contributed by atoms with Gasteiger partial charge in [0.15, 0.2) is 0 Å². The summed E-state index contributed by atoms with van der Waals surface area (Å²) in [5.41, 5.74) is 7.40. The fraction of sp³-hybridized carbons (Fsp3) is 0.364. The Morgan fingerprint density at radius 1 is 1.62 bits per heavy atom. The van der Waals surface area contributed by atoms with Crippen LogP contribution in [0.1, 0.15) is 12.5 Å². The van der Waals surface area contributed by atoms with Gasteiger partial charge in [-0.05, 0) is 31.4 Å². The second-order valence-electron chi connectivity index (χ2n) is 3.55. The number of thioether (sulfide) groups is 1. The van der Waals surface area contributed by atoms with Crippen LogP contribution in [0.3, 0.4) is 0 Å². The quantitative estimate of drug-likeness (QED) is 0.809. The van der Waals surface area contributed by atoms with Crippen molar-refractivity contribution in [1.29, 1.82) is 0 Å². The molecule has 5 heteroatoms. The molecule has 0 aromatic heterocycles. The Kier molecular flexibility index (Phi) is 5.38. The van der Waals surface area contributed by atoms with Crippen LogP contribution in [0.25, 0.3) is 0 Å². The number of halogens is 1. The zero-order valence-corrected chi connectivity index (χ0v) is 11.7. The fourth-order valence-electron chi connectivity index (χ4n) is 1.41. The molecular formula is C11H15ClN2S2. The van der Waals surface area contributed by atoms with Crippen molar-refractivity contribution in [2.45, 2.75) is 13.0 Å². The molecule has 1 atom stereocenters. The van der Waals surface area contributed by atoms with Crippen molar-refractivity contribution in [3.8, 4) is 0 Å². The molecule has 1 rings (SSSR count). The number of hydrogen-bond acceptors (Lipinski definition) is 3. The van der Waals surface area contributed by atoms with E-state index in [4.69, 9.17) is 29.6 Å². The molecule has 0 fully saturated rings. The van der Waals surface area contributed by atoms with Gasteiger partial charge in [-0.15, -0.1) is 0 Å². The highest BCUT2D eigenvalue weighted by Crippen LogP contribution is 2.22. The maximum absolute atomic E-state index is 5.95. The molecule has 0 aliphatic heterocycles. The Morgan fingerprint density at radius 3 is 2.88 bits per heavy atom. The Bertz CT molecular complexity index is 382. The van der Waals surface area contributed by atoms with E-state index in [0.717, 1.165) is 17.0 Å². The van der Waals surface area contributed by atoms with Crippen molar-refractivity contribution >= 4 is 46.3 Å². The first-order valence-corrected chi connectivity index (χ1v) is 7.07. The molecule has 0 aliphatic rings. The molecule has 0 bridgehead atoms. The molecule has 0 amide bonds. The van der Waals surface area contributed by atoms with Crippen LogP contribution in [-0.2, 0) is 0 Å². The molecule has 0 aliphatic carbocycles. The maximum atomic E-state index is 5.95. The molecule has 2 nitrogen and oxygen atoms in total. The summed E-state index contributed by atoms with van der Waals surface area (Å²) in [6.07, 6.45) is 2.07. The SMILES string of the molecule is CSCC(C)Nc1cc(Cl)ccc1C(N)=S. The second-order valence-corrected chi connectivity index (χ2v) is 5.34.